The lowest BCUT2D eigenvalue weighted by Gasteiger charge is -2.18. The number of carbonyl (C=O) groups is 2. The normalized spacial score (nSPS) is 11.4. The Labute approximate surface area is 267 Å². The number of oxazole rings is 2. The number of halogens is 6. The van der Waals surface area contributed by atoms with E-state index in [1.807, 2.05) is 11.9 Å². The van der Waals surface area contributed by atoms with E-state index in [1.54, 1.807) is 49.6 Å². The van der Waals surface area contributed by atoms with Crippen molar-refractivity contribution >= 4 is 23.4 Å². The van der Waals surface area contributed by atoms with Gasteiger partial charge in [0.25, 0.3) is 5.91 Å². The molecule has 0 spiro atoms. The Hall–Kier alpha value is -5.71. The van der Waals surface area contributed by atoms with Crippen LogP contribution in [-0.2, 0) is 17.1 Å². The Kier molecular flexibility index (Phi) is 10.8. The summed E-state index contributed by atoms with van der Waals surface area (Å²) in [5.41, 5.74) is -0.640. The van der Waals surface area contributed by atoms with Crippen molar-refractivity contribution in [1.82, 2.24) is 15.0 Å². The lowest BCUT2D eigenvalue weighted by Crippen LogP contribution is -2.22. The van der Waals surface area contributed by atoms with Crippen LogP contribution in [0.5, 0.6) is 0 Å². The number of benzene rings is 2. The average Bonchev–Trinajstić information content (AvgIpc) is 3.72. The molecule has 2 N–H and O–H groups in total. The molecule has 48 heavy (non-hydrogen) atoms. The Morgan fingerprint density at radius 3 is 1.73 bits per heavy atom. The zero-order chi connectivity index (χ0) is 35.1. The Bertz CT molecular complexity index is 1820. The molecule has 0 unspecified atom stereocenters. The fourth-order valence-electron chi connectivity index (χ4n) is 3.95. The lowest BCUT2D eigenvalue weighted by atomic mass is 10.2. The van der Waals surface area contributed by atoms with Crippen LogP contribution in [0.2, 0.25) is 0 Å². The van der Waals surface area contributed by atoms with Crippen LogP contribution in [0.3, 0.4) is 0 Å². The number of aromatic nitrogens is 3. The van der Waals surface area contributed by atoms with Gasteiger partial charge in [0.1, 0.15) is 5.82 Å². The number of anilines is 2. The highest BCUT2D eigenvalue weighted by Crippen LogP contribution is 2.36. The first kappa shape index (κ1) is 35.1. The number of pyridine rings is 1. The van der Waals surface area contributed by atoms with Crippen molar-refractivity contribution < 1.29 is 54.6 Å². The number of amides is 1. The molecule has 0 fully saturated rings. The highest BCUT2D eigenvalue weighted by molar-refractivity contribution is 6.03. The minimum Gasteiger partial charge on any atom is -0.476 e. The largest absolute Gasteiger partial charge is 0.476 e. The van der Waals surface area contributed by atoms with Crippen LogP contribution in [-0.4, -0.2) is 59.2 Å². The number of methoxy groups -OCH3 is 1. The maximum atomic E-state index is 13.4. The smallest absolute Gasteiger partial charge is 0.452 e. The molecule has 3 aromatic heterocycles. The van der Waals surface area contributed by atoms with Gasteiger partial charge in [-0.05, 0) is 36.4 Å². The predicted octanol–water partition coefficient (Wildman–Crippen LogP) is 7.15. The number of carbonyl (C=O) groups excluding carboxylic acids is 1. The van der Waals surface area contributed by atoms with Gasteiger partial charge < -0.3 is 28.9 Å². The second kappa shape index (κ2) is 14.8. The standard InChI is InChI=1S/C20H19F3N4O3.C11H6F3NO3/c1-27(10-11-29-2)14-8-9-15(24-12-14)25-18(28)16-17(20(21,22)23)30-19(26-16)13-6-4-3-5-7-13;12-11(13,14)8-7(10(16)17)15-9(18-8)6-4-2-1-3-5-6/h3-9,12H,10-11H2,1-2H3,(H,24,25,28);1-5H,(H,16,17). The van der Waals surface area contributed by atoms with Crippen LogP contribution in [0.1, 0.15) is 32.5 Å². The third-order valence-corrected chi connectivity index (χ3v) is 6.29. The molecule has 0 bridgehead atoms. The number of hydrogen-bond donors (Lipinski definition) is 2. The summed E-state index contributed by atoms with van der Waals surface area (Å²) in [5.74, 6) is -6.50. The van der Waals surface area contributed by atoms with Crippen LogP contribution in [0, 0.1) is 0 Å². The van der Waals surface area contributed by atoms with Crippen LogP contribution < -0.4 is 10.2 Å². The minimum absolute atomic E-state index is 0.0845. The quantitative estimate of drug-likeness (QED) is 0.154. The number of hydrogen-bond acceptors (Lipinski definition) is 9. The summed E-state index contributed by atoms with van der Waals surface area (Å²) in [6, 6.07) is 19.0. The zero-order valence-corrected chi connectivity index (χ0v) is 25.0. The van der Waals surface area contributed by atoms with E-state index in [0.29, 0.717) is 18.7 Å². The molecule has 5 aromatic rings. The van der Waals surface area contributed by atoms with E-state index in [4.69, 9.17) is 14.3 Å². The number of rotatable bonds is 9. The van der Waals surface area contributed by atoms with Crippen LogP contribution >= 0.6 is 0 Å². The monoisotopic (exact) mass is 677 g/mol. The fraction of sp³-hybridized carbons (Fsp3) is 0.194. The van der Waals surface area contributed by atoms with E-state index >= 15 is 0 Å². The van der Waals surface area contributed by atoms with E-state index in [-0.39, 0.29) is 23.2 Å². The predicted molar refractivity (Wildman–Crippen MR) is 158 cm³/mol. The Morgan fingerprint density at radius 2 is 1.31 bits per heavy atom. The van der Waals surface area contributed by atoms with Gasteiger partial charge >= 0.3 is 18.3 Å². The third-order valence-electron chi connectivity index (χ3n) is 6.29. The molecule has 5 rings (SSSR count). The van der Waals surface area contributed by atoms with E-state index in [9.17, 15) is 35.9 Å². The summed E-state index contributed by atoms with van der Waals surface area (Å²) < 4.78 is 92.1. The van der Waals surface area contributed by atoms with Gasteiger partial charge in [-0.2, -0.15) is 26.3 Å². The number of ether oxygens (including phenoxy) is 1. The highest BCUT2D eigenvalue weighted by Gasteiger charge is 2.43. The van der Waals surface area contributed by atoms with E-state index < -0.39 is 47.1 Å². The number of aromatic carboxylic acids is 1. The number of likely N-dealkylation sites (N-methyl/N-ethyl adjacent to an activating group) is 1. The molecule has 252 valence electrons. The van der Waals surface area contributed by atoms with Crippen molar-refractivity contribution in [3.05, 3.63) is 102 Å². The maximum absolute atomic E-state index is 13.4. The number of carboxylic acid groups (broad SMARTS) is 1. The highest BCUT2D eigenvalue weighted by atomic mass is 19.4. The molecule has 17 heteroatoms. The first-order chi connectivity index (χ1) is 22.7. The van der Waals surface area contributed by atoms with Gasteiger partial charge in [0, 0.05) is 31.8 Å². The summed E-state index contributed by atoms with van der Waals surface area (Å²) in [4.78, 5) is 36.3. The molecule has 0 aliphatic rings. The number of alkyl halides is 6. The van der Waals surface area contributed by atoms with Crippen molar-refractivity contribution in [2.75, 3.05) is 37.5 Å². The maximum Gasteiger partial charge on any atom is 0.452 e. The van der Waals surface area contributed by atoms with Crippen molar-refractivity contribution in [3.63, 3.8) is 0 Å². The van der Waals surface area contributed by atoms with Crippen molar-refractivity contribution in [2.45, 2.75) is 12.4 Å². The second-order valence-electron chi connectivity index (χ2n) is 9.70. The van der Waals surface area contributed by atoms with Crippen molar-refractivity contribution in [2.24, 2.45) is 0 Å². The van der Waals surface area contributed by atoms with Gasteiger partial charge in [0.05, 0.1) is 18.5 Å². The SMILES string of the molecule is COCCN(C)c1ccc(NC(=O)c2nc(-c3ccccc3)oc2C(F)(F)F)nc1.O=C(O)c1nc(-c2ccccc2)oc1C(F)(F)F. The first-order valence-corrected chi connectivity index (χ1v) is 13.7. The Balaban J connectivity index is 0.000000246. The van der Waals surface area contributed by atoms with Gasteiger partial charge in [0.15, 0.2) is 11.4 Å². The molecule has 0 saturated heterocycles. The topological polar surface area (TPSA) is 144 Å². The number of nitrogens with zero attached hydrogens (tertiary/aromatic N) is 4. The molecule has 0 aliphatic carbocycles. The van der Waals surface area contributed by atoms with Gasteiger partial charge in [-0.25, -0.2) is 19.7 Å². The average molecular weight is 678 g/mol. The van der Waals surface area contributed by atoms with E-state index in [0.717, 1.165) is 5.69 Å². The van der Waals surface area contributed by atoms with Gasteiger partial charge in [-0.3, -0.25) is 4.79 Å². The van der Waals surface area contributed by atoms with Crippen LogP contribution in [0.15, 0.2) is 87.8 Å². The summed E-state index contributed by atoms with van der Waals surface area (Å²) in [7, 11) is 3.43. The molecule has 11 nitrogen and oxygen atoms in total. The molecular formula is C31H25F6N5O6. The molecule has 2 aromatic carbocycles. The summed E-state index contributed by atoms with van der Waals surface area (Å²) in [6.45, 7) is 1.14. The van der Waals surface area contributed by atoms with Crippen molar-refractivity contribution in [1.29, 1.82) is 0 Å². The first-order valence-electron chi connectivity index (χ1n) is 13.7. The van der Waals surface area contributed by atoms with E-state index in [2.05, 4.69) is 24.7 Å². The Morgan fingerprint density at radius 1 is 0.812 bits per heavy atom. The number of nitrogens with one attached hydrogen (secondary N) is 1. The summed E-state index contributed by atoms with van der Waals surface area (Å²) in [5, 5.41) is 11.0. The fourth-order valence-corrected chi connectivity index (χ4v) is 3.95. The molecule has 0 atom stereocenters. The van der Waals surface area contributed by atoms with Gasteiger partial charge in [0.2, 0.25) is 23.3 Å². The van der Waals surface area contributed by atoms with Crippen LogP contribution in [0.4, 0.5) is 37.8 Å². The van der Waals surface area contributed by atoms with Crippen molar-refractivity contribution in [3.8, 4) is 22.9 Å². The number of carboxylic acids is 1. The molecule has 3 heterocycles. The molecular weight excluding hydrogens is 652 g/mol. The lowest BCUT2D eigenvalue weighted by molar-refractivity contribution is -0.153. The molecule has 1 amide bonds. The van der Waals surface area contributed by atoms with Gasteiger partial charge in [-0.1, -0.05) is 36.4 Å². The second-order valence-corrected chi connectivity index (χ2v) is 9.70. The minimum atomic E-state index is -4.90. The zero-order valence-electron chi connectivity index (χ0n) is 25.0. The van der Waals surface area contributed by atoms with Gasteiger partial charge in [-0.15, -0.1) is 0 Å². The molecule has 0 radical (unpaired) electrons. The van der Waals surface area contributed by atoms with E-state index in [1.165, 1.54) is 36.5 Å². The van der Waals surface area contributed by atoms with Crippen LogP contribution in [0.25, 0.3) is 22.9 Å². The molecule has 0 aliphatic heterocycles. The summed E-state index contributed by atoms with van der Waals surface area (Å²) >= 11 is 0. The molecule has 0 saturated carbocycles. The summed E-state index contributed by atoms with van der Waals surface area (Å²) in [6.07, 6.45) is -8.28. The third kappa shape index (κ3) is 8.75.